The molecule has 0 saturated carbocycles. The molecule has 0 aliphatic heterocycles. The van der Waals surface area contributed by atoms with Crippen molar-refractivity contribution < 1.29 is 18.7 Å². The number of hydrogen-bond donors (Lipinski definition) is 1. The first-order chi connectivity index (χ1) is 7.09. The van der Waals surface area contributed by atoms with Gasteiger partial charge in [0.05, 0.1) is 11.1 Å². The molecule has 1 aromatic carbocycles. The fourth-order valence-corrected chi connectivity index (χ4v) is 1.47. The van der Waals surface area contributed by atoms with E-state index in [1.54, 1.807) is 0 Å². The Morgan fingerprint density at radius 2 is 2.07 bits per heavy atom. The van der Waals surface area contributed by atoms with Crippen molar-refractivity contribution in [1.29, 1.82) is 0 Å². The zero-order valence-corrected chi connectivity index (χ0v) is 7.52. The van der Waals surface area contributed by atoms with E-state index in [1.807, 2.05) is 0 Å². The fourth-order valence-electron chi connectivity index (χ4n) is 1.47. The summed E-state index contributed by atoms with van der Waals surface area (Å²) in [7, 11) is 0. The first-order valence-electron chi connectivity index (χ1n) is 4.21. The summed E-state index contributed by atoms with van der Waals surface area (Å²) in [4.78, 5) is 10.6. The van der Waals surface area contributed by atoms with Crippen molar-refractivity contribution in [3.8, 4) is 0 Å². The van der Waals surface area contributed by atoms with Gasteiger partial charge in [0, 0.05) is 11.6 Å². The van der Waals surface area contributed by atoms with Crippen molar-refractivity contribution in [1.82, 2.24) is 4.57 Å². The number of nitrogens with zero attached hydrogens (tertiary/aromatic N) is 1. The fraction of sp³-hybridized carbons (Fsp3) is 0.100. The SMILES string of the molecule is O=C(O)c1ccc2c(ccn2C(F)F)c1. The molecule has 15 heavy (non-hydrogen) atoms. The third kappa shape index (κ3) is 1.56. The highest BCUT2D eigenvalue weighted by Crippen LogP contribution is 2.22. The summed E-state index contributed by atoms with van der Waals surface area (Å²) in [6.45, 7) is -2.61. The molecule has 1 aromatic heterocycles. The van der Waals surface area contributed by atoms with Gasteiger partial charge in [-0.1, -0.05) is 0 Å². The van der Waals surface area contributed by atoms with Gasteiger partial charge in [-0.15, -0.1) is 0 Å². The van der Waals surface area contributed by atoms with Gasteiger partial charge >= 0.3 is 12.5 Å². The highest BCUT2D eigenvalue weighted by atomic mass is 19.3. The third-order valence-electron chi connectivity index (χ3n) is 2.18. The van der Waals surface area contributed by atoms with Crippen LogP contribution in [-0.4, -0.2) is 15.6 Å². The first-order valence-corrected chi connectivity index (χ1v) is 4.21. The van der Waals surface area contributed by atoms with Crippen molar-refractivity contribution >= 4 is 16.9 Å². The van der Waals surface area contributed by atoms with Crippen LogP contribution in [0.3, 0.4) is 0 Å². The smallest absolute Gasteiger partial charge is 0.335 e. The standard InChI is InChI=1S/C10H7F2NO2/c11-10(12)13-4-3-6-5-7(9(14)15)1-2-8(6)13/h1-5,10H,(H,14,15). The molecule has 0 fully saturated rings. The minimum absolute atomic E-state index is 0.0921. The summed E-state index contributed by atoms with van der Waals surface area (Å²) in [6.07, 6.45) is 1.24. The Hall–Kier alpha value is -1.91. The van der Waals surface area contributed by atoms with Crippen LogP contribution in [0.1, 0.15) is 16.9 Å². The molecule has 0 unspecified atom stereocenters. The van der Waals surface area contributed by atoms with Crippen molar-refractivity contribution in [2.45, 2.75) is 6.55 Å². The number of alkyl halides is 2. The highest BCUT2D eigenvalue weighted by molar-refractivity contribution is 5.93. The quantitative estimate of drug-likeness (QED) is 0.829. The van der Waals surface area contributed by atoms with E-state index in [0.29, 0.717) is 10.9 Å². The van der Waals surface area contributed by atoms with Crippen LogP contribution in [-0.2, 0) is 0 Å². The molecule has 0 radical (unpaired) electrons. The molecule has 3 nitrogen and oxygen atoms in total. The summed E-state index contributed by atoms with van der Waals surface area (Å²) < 4.78 is 25.7. The molecule has 0 atom stereocenters. The minimum atomic E-state index is -2.61. The van der Waals surface area contributed by atoms with E-state index in [0.717, 1.165) is 4.57 Å². The molecule has 5 heteroatoms. The average Bonchev–Trinajstić information content (AvgIpc) is 2.59. The van der Waals surface area contributed by atoms with Gasteiger partial charge in [-0.2, -0.15) is 8.78 Å². The topological polar surface area (TPSA) is 42.2 Å². The molecule has 78 valence electrons. The van der Waals surface area contributed by atoms with E-state index < -0.39 is 12.5 Å². The van der Waals surface area contributed by atoms with Crippen LogP contribution >= 0.6 is 0 Å². The molecule has 0 saturated heterocycles. The van der Waals surface area contributed by atoms with E-state index in [-0.39, 0.29) is 5.56 Å². The Morgan fingerprint density at radius 3 is 2.67 bits per heavy atom. The van der Waals surface area contributed by atoms with Gasteiger partial charge in [0.25, 0.3) is 0 Å². The molecule has 0 aliphatic carbocycles. The lowest BCUT2D eigenvalue weighted by Gasteiger charge is -2.02. The Kier molecular flexibility index (Phi) is 2.15. The largest absolute Gasteiger partial charge is 0.478 e. The predicted molar refractivity (Wildman–Crippen MR) is 50.2 cm³/mol. The molecule has 2 aromatic rings. The van der Waals surface area contributed by atoms with Gasteiger partial charge < -0.3 is 5.11 Å². The van der Waals surface area contributed by atoms with E-state index in [4.69, 9.17) is 5.11 Å². The van der Waals surface area contributed by atoms with Gasteiger partial charge in [0.15, 0.2) is 0 Å². The second-order valence-electron chi connectivity index (χ2n) is 3.08. The van der Waals surface area contributed by atoms with E-state index >= 15 is 0 Å². The van der Waals surface area contributed by atoms with Crippen LogP contribution < -0.4 is 0 Å². The Labute approximate surface area is 83.5 Å². The molecule has 1 heterocycles. The first kappa shape index (κ1) is 9.64. The number of carbonyl (C=O) groups is 1. The lowest BCUT2D eigenvalue weighted by atomic mass is 10.1. The highest BCUT2D eigenvalue weighted by Gasteiger charge is 2.11. The number of carboxylic acid groups (broad SMARTS) is 1. The average molecular weight is 211 g/mol. The van der Waals surface area contributed by atoms with Crippen LogP contribution in [0.5, 0.6) is 0 Å². The lowest BCUT2D eigenvalue weighted by molar-refractivity contribution is 0.0697. The van der Waals surface area contributed by atoms with Gasteiger partial charge in [-0.05, 0) is 24.3 Å². The summed E-state index contributed by atoms with van der Waals surface area (Å²) in [5, 5.41) is 9.20. The van der Waals surface area contributed by atoms with E-state index in [9.17, 15) is 13.6 Å². The monoisotopic (exact) mass is 211 g/mol. The molecular weight excluding hydrogens is 204 g/mol. The van der Waals surface area contributed by atoms with Crippen LogP contribution in [0, 0.1) is 0 Å². The second kappa shape index (κ2) is 3.34. The number of rotatable bonds is 2. The van der Waals surface area contributed by atoms with Gasteiger partial charge in [0.2, 0.25) is 0 Å². The Morgan fingerprint density at radius 1 is 1.33 bits per heavy atom. The van der Waals surface area contributed by atoms with E-state index in [1.165, 1.54) is 30.5 Å². The van der Waals surface area contributed by atoms with Gasteiger partial charge in [-0.3, -0.25) is 4.57 Å². The molecule has 1 N–H and O–H groups in total. The molecule has 0 aliphatic rings. The number of fused-ring (bicyclic) bond motifs is 1. The number of aromatic nitrogens is 1. The van der Waals surface area contributed by atoms with Crippen molar-refractivity contribution in [2.75, 3.05) is 0 Å². The second-order valence-corrected chi connectivity index (χ2v) is 3.08. The number of aromatic carboxylic acids is 1. The Bertz CT molecular complexity index is 519. The molecule has 0 amide bonds. The van der Waals surface area contributed by atoms with Crippen LogP contribution in [0.4, 0.5) is 8.78 Å². The van der Waals surface area contributed by atoms with Crippen LogP contribution in [0.2, 0.25) is 0 Å². The molecule has 2 rings (SSSR count). The molecule has 0 spiro atoms. The van der Waals surface area contributed by atoms with Crippen LogP contribution in [0.15, 0.2) is 30.5 Å². The minimum Gasteiger partial charge on any atom is -0.478 e. The third-order valence-corrected chi connectivity index (χ3v) is 2.18. The summed E-state index contributed by atoms with van der Waals surface area (Å²) >= 11 is 0. The molecular formula is C10H7F2NO2. The maximum atomic E-state index is 12.4. The maximum absolute atomic E-state index is 12.4. The van der Waals surface area contributed by atoms with Crippen molar-refractivity contribution in [3.63, 3.8) is 0 Å². The molecule has 0 bridgehead atoms. The summed E-state index contributed by atoms with van der Waals surface area (Å²) in [5.41, 5.74) is 0.421. The number of carboxylic acids is 1. The number of halogens is 2. The zero-order chi connectivity index (χ0) is 11.0. The Balaban J connectivity index is 2.61. The number of hydrogen-bond acceptors (Lipinski definition) is 1. The van der Waals surface area contributed by atoms with E-state index in [2.05, 4.69) is 0 Å². The van der Waals surface area contributed by atoms with Gasteiger partial charge in [0.1, 0.15) is 0 Å². The number of benzene rings is 1. The lowest BCUT2D eigenvalue weighted by Crippen LogP contribution is -1.97. The van der Waals surface area contributed by atoms with Gasteiger partial charge in [-0.25, -0.2) is 4.79 Å². The van der Waals surface area contributed by atoms with Crippen LogP contribution in [0.25, 0.3) is 10.9 Å². The predicted octanol–water partition coefficient (Wildman–Crippen LogP) is 2.73. The van der Waals surface area contributed by atoms with Crippen molar-refractivity contribution in [3.05, 3.63) is 36.0 Å². The normalized spacial score (nSPS) is 11.1. The summed E-state index contributed by atoms with van der Waals surface area (Å²) in [6, 6.07) is 5.53. The maximum Gasteiger partial charge on any atom is 0.335 e. The zero-order valence-electron chi connectivity index (χ0n) is 7.52. The van der Waals surface area contributed by atoms with Crippen molar-refractivity contribution in [2.24, 2.45) is 0 Å². The summed E-state index contributed by atoms with van der Waals surface area (Å²) in [5.74, 6) is -1.07.